The highest BCUT2D eigenvalue weighted by atomic mass is 16.2. The topological polar surface area (TPSA) is 64.7 Å². The molecule has 0 unspecified atom stereocenters. The molecule has 6 heteroatoms. The zero-order valence-corrected chi connectivity index (χ0v) is 18.8. The Bertz CT molecular complexity index is 715. The van der Waals surface area contributed by atoms with Gasteiger partial charge in [0.25, 0.3) is 0 Å². The van der Waals surface area contributed by atoms with Gasteiger partial charge in [-0.2, -0.15) is 0 Å². The van der Waals surface area contributed by atoms with Crippen LogP contribution in [-0.4, -0.2) is 66.9 Å². The van der Waals surface area contributed by atoms with E-state index < -0.39 is 0 Å². The molecule has 1 aromatic carbocycles. The van der Waals surface area contributed by atoms with Gasteiger partial charge in [0.2, 0.25) is 11.8 Å². The molecule has 1 saturated heterocycles. The predicted molar refractivity (Wildman–Crippen MR) is 121 cm³/mol. The second kappa shape index (κ2) is 10.9. The van der Waals surface area contributed by atoms with Gasteiger partial charge in [-0.3, -0.25) is 19.4 Å². The molecule has 166 valence electrons. The molecule has 0 spiro atoms. The van der Waals surface area contributed by atoms with Crippen LogP contribution < -0.4 is 10.6 Å². The molecular formula is C24H38N4O2. The Morgan fingerprint density at radius 1 is 0.967 bits per heavy atom. The summed E-state index contributed by atoms with van der Waals surface area (Å²) in [5.41, 5.74) is 2.06. The van der Waals surface area contributed by atoms with E-state index in [4.69, 9.17) is 0 Å². The molecular weight excluding hydrogens is 376 g/mol. The highest BCUT2D eigenvalue weighted by molar-refractivity contribution is 5.93. The first-order valence-corrected chi connectivity index (χ1v) is 11.6. The summed E-state index contributed by atoms with van der Waals surface area (Å²) >= 11 is 0. The summed E-state index contributed by atoms with van der Waals surface area (Å²) in [7, 11) is 0. The molecule has 1 aliphatic carbocycles. The Morgan fingerprint density at radius 2 is 1.60 bits per heavy atom. The Kier molecular flexibility index (Phi) is 8.28. The number of para-hydroxylation sites is 1. The molecule has 0 aromatic heterocycles. The highest BCUT2D eigenvalue weighted by Crippen LogP contribution is 2.29. The Balaban J connectivity index is 1.38. The fourth-order valence-corrected chi connectivity index (χ4v) is 4.69. The maximum absolute atomic E-state index is 12.5. The number of carbonyl (C=O) groups excluding carboxylic acids is 2. The third kappa shape index (κ3) is 6.29. The van der Waals surface area contributed by atoms with Crippen LogP contribution in [0.3, 0.4) is 0 Å². The fourth-order valence-electron chi connectivity index (χ4n) is 4.69. The van der Waals surface area contributed by atoms with E-state index in [1.807, 2.05) is 24.3 Å². The number of hydrogen-bond acceptors (Lipinski definition) is 4. The summed E-state index contributed by atoms with van der Waals surface area (Å²) in [6.07, 6.45) is 4.48. The number of nitrogens with zero attached hydrogens (tertiary/aromatic N) is 2. The fraction of sp³-hybridized carbons (Fsp3) is 0.667. The van der Waals surface area contributed by atoms with E-state index in [2.05, 4.69) is 41.2 Å². The van der Waals surface area contributed by atoms with Gasteiger partial charge < -0.3 is 10.6 Å². The molecule has 0 radical (unpaired) electrons. The molecule has 1 aliphatic heterocycles. The summed E-state index contributed by atoms with van der Waals surface area (Å²) in [6, 6.07) is 8.28. The lowest BCUT2D eigenvalue weighted by Crippen LogP contribution is -2.52. The maximum atomic E-state index is 12.5. The van der Waals surface area contributed by atoms with Crippen LogP contribution >= 0.6 is 0 Å². The smallest absolute Gasteiger partial charge is 0.238 e. The molecule has 3 rings (SSSR count). The van der Waals surface area contributed by atoms with E-state index in [-0.39, 0.29) is 11.8 Å². The Labute approximate surface area is 181 Å². The van der Waals surface area contributed by atoms with Gasteiger partial charge in [0, 0.05) is 37.9 Å². The van der Waals surface area contributed by atoms with Crippen LogP contribution in [-0.2, 0) is 16.0 Å². The van der Waals surface area contributed by atoms with Crippen molar-refractivity contribution in [3.8, 4) is 0 Å². The van der Waals surface area contributed by atoms with Gasteiger partial charge in [-0.1, -0.05) is 51.8 Å². The normalized spacial score (nSPS) is 25.6. The van der Waals surface area contributed by atoms with Crippen molar-refractivity contribution in [2.75, 3.05) is 44.6 Å². The van der Waals surface area contributed by atoms with Gasteiger partial charge in [-0.25, -0.2) is 0 Å². The molecule has 2 N–H and O–H groups in total. The zero-order chi connectivity index (χ0) is 21.5. The van der Waals surface area contributed by atoms with Gasteiger partial charge in [-0.05, 0) is 36.3 Å². The lowest BCUT2D eigenvalue weighted by Gasteiger charge is -2.36. The van der Waals surface area contributed by atoms with Crippen molar-refractivity contribution < 1.29 is 9.59 Å². The van der Waals surface area contributed by atoms with E-state index in [9.17, 15) is 9.59 Å². The third-order valence-electron chi connectivity index (χ3n) is 6.92. The van der Waals surface area contributed by atoms with Crippen LogP contribution in [0, 0.1) is 11.8 Å². The SMILES string of the molecule is CCc1ccccc1NC(=O)CN1CCN(CC(=O)N[C@H]2CCC[C@@H](C)[C@@H]2C)CC1. The largest absolute Gasteiger partial charge is 0.352 e. The Hall–Kier alpha value is -1.92. The van der Waals surface area contributed by atoms with Crippen molar-refractivity contribution in [1.82, 2.24) is 15.1 Å². The predicted octanol–water partition coefficient (Wildman–Crippen LogP) is 2.75. The van der Waals surface area contributed by atoms with Crippen LogP contribution in [0.15, 0.2) is 24.3 Å². The molecule has 2 fully saturated rings. The number of anilines is 1. The van der Waals surface area contributed by atoms with E-state index in [0.717, 1.165) is 50.3 Å². The van der Waals surface area contributed by atoms with Crippen LogP contribution in [0.2, 0.25) is 0 Å². The first-order valence-electron chi connectivity index (χ1n) is 11.6. The summed E-state index contributed by atoms with van der Waals surface area (Å²) in [5.74, 6) is 1.41. The summed E-state index contributed by atoms with van der Waals surface area (Å²) in [4.78, 5) is 29.4. The summed E-state index contributed by atoms with van der Waals surface area (Å²) in [5, 5.41) is 6.32. The highest BCUT2D eigenvalue weighted by Gasteiger charge is 2.29. The number of aryl methyl sites for hydroxylation is 1. The lowest BCUT2D eigenvalue weighted by atomic mass is 9.78. The minimum absolute atomic E-state index is 0.0301. The number of rotatable bonds is 7. The standard InChI is InChI=1S/C24H38N4O2/c1-4-20-9-5-6-10-22(20)26-24(30)17-28-14-12-27(13-15-28)16-23(29)25-21-11-7-8-18(2)19(21)3/h5-6,9-10,18-19,21H,4,7-8,11-17H2,1-3H3,(H,25,29)(H,26,30)/t18-,19+,21+/m1/s1. The third-order valence-corrected chi connectivity index (χ3v) is 6.92. The molecule has 2 aliphatic rings. The van der Waals surface area contributed by atoms with Crippen molar-refractivity contribution in [2.45, 2.75) is 52.5 Å². The van der Waals surface area contributed by atoms with Crippen LogP contribution in [0.4, 0.5) is 5.69 Å². The molecule has 1 saturated carbocycles. The van der Waals surface area contributed by atoms with Crippen molar-refractivity contribution >= 4 is 17.5 Å². The Morgan fingerprint density at radius 3 is 2.27 bits per heavy atom. The van der Waals surface area contributed by atoms with E-state index in [0.29, 0.717) is 31.0 Å². The number of piperazine rings is 1. The molecule has 0 bridgehead atoms. The molecule has 1 heterocycles. The monoisotopic (exact) mass is 414 g/mol. The van der Waals surface area contributed by atoms with Gasteiger partial charge in [0.1, 0.15) is 0 Å². The quantitative estimate of drug-likeness (QED) is 0.720. The maximum Gasteiger partial charge on any atom is 0.238 e. The first-order chi connectivity index (χ1) is 14.5. The average molecular weight is 415 g/mol. The van der Waals surface area contributed by atoms with Crippen LogP contribution in [0.25, 0.3) is 0 Å². The number of nitrogens with one attached hydrogen (secondary N) is 2. The van der Waals surface area contributed by atoms with E-state index in [1.165, 1.54) is 12.8 Å². The van der Waals surface area contributed by atoms with E-state index >= 15 is 0 Å². The molecule has 3 atom stereocenters. The number of benzene rings is 1. The first kappa shape index (κ1) is 22.8. The second-order valence-electron chi connectivity index (χ2n) is 9.05. The summed E-state index contributed by atoms with van der Waals surface area (Å²) in [6.45, 7) is 10.8. The second-order valence-corrected chi connectivity index (χ2v) is 9.05. The van der Waals surface area contributed by atoms with Gasteiger partial charge in [-0.15, -0.1) is 0 Å². The molecule has 2 amide bonds. The molecule has 6 nitrogen and oxygen atoms in total. The van der Waals surface area contributed by atoms with Gasteiger partial charge in [0.15, 0.2) is 0 Å². The van der Waals surface area contributed by atoms with Crippen LogP contribution in [0.5, 0.6) is 0 Å². The summed E-state index contributed by atoms with van der Waals surface area (Å²) < 4.78 is 0. The van der Waals surface area contributed by atoms with Gasteiger partial charge >= 0.3 is 0 Å². The lowest BCUT2D eigenvalue weighted by molar-refractivity contribution is -0.124. The number of carbonyl (C=O) groups is 2. The zero-order valence-electron chi connectivity index (χ0n) is 18.8. The molecule has 1 aromatic rings. The minimum atomic E-state index is 0.0301. The van der Waals surface area contributed by atoms with Crippen LogP contribution in [0.1, 0.15) is 45.6 Å². The van der Waals surface area contributed by atoms with E-state index in [1.54, 1.807) is 0 Å². The van der Waals surface area contributed by atoms with Crippen molar-refractivity contribution in [3.63, 3.8) is 0 Å². The molecule has 30 heavy (non-hydrogen) atoms. The van der Waals surface area contributed by atoms with Gasteiger partial charge in [0.05, 0.1) is 13.1 Å². The van der Waals surface area contributed by atoms with Crippen molar-refractivity contribution in [1.29, 1.82) is 0 Å². The minimum Gasteiger partial charge on any atom is -0.352 e. The van der Waals surface area contributed by atoms with Crippen molar-refractivity contribution in [2.24, 2.45) is 11.8 Å². The average Bonchev–Trinajstić information content (AvgIpc) is 2.73. The number of amides is 2. The number of hydrogen-bond donors (Lipinski definition) is 2. The van der Waals surface area contributed by atoms with Crippen molar-refractivity contribution in [3.05, 3.63) is 29.8 Å².